The van der Waals surface area contributed by atoms with Crippen LogP contribution in [-0.4, -0.2) is 31.1 Å². The molecule has 5 N–H and O–H groups in total. The number of nitrogens with one attached hydrogen (secondary N) is 3. The van der Waals surface area contributed by atoms with Crippen LogP contribution in [0.4, 0.5) is 19.3 Å². The van der Waals surface area contributed by atoms with Gasteiger partial charge in [-0.25, -0.2) is 13.6 Å². The Morgan fingerprint density at radius 2 is 2.07 bits per heavy atom. The maximum Gasteiger partial charge on any atom is 0.316 e. The molecule has 1 aliphatic heterocycles. The monoisotopic (exact) mass is 416 g/mol. The Hall–Kier alpha value is -2.23. The predicted octanol–water partition coefficient (Wildman–Crippen LogP) is 3.09. The van der Waals surface area contributed by atoms with Crippen LogP contribution in [0, 0.1) is 11.6 Å². The number of hydrogen-bond acceptors (Lipinski definition) is 4. The first-order valence-corrected chi connectivity index (χ1v) is 8.93. The summed E-state index contributed by atoms with van der Waals surface area (Å²) in [6.07, 6.45) is 1.79. The van der Waals surface area contributed by atoms with Crippen molar-refractivity contribution < 1.29 is 18.4 Å². The Morgan fingerprint density at radius 3 is 2.74 bits per heavy atom. The van der Waals surface area contributed by atoms with Crippen LogP contribution in [0.1, 0.15) is 22.5 Å². The minimum absolute atomic E-state index is 0. The van der Waals surface area contributed by atoms with Crippen LogP contribution in [0.2, 0.25) is 0 Å². The molecule has 10 heteroatoms. The van der Waals surface area contributed by atoms with E-state index in [0.29, 0.717) is 11.4 Å². The van der Waals surface area contributed by atoms with Crippen LogP contribution in [0.3, 0.4) is 0 Å². The van der Waals surface area contributed by atoms with Crippen LogP contribution in [0.25, 0.3) is 10.4 Å². The molecule has 3 rings (SSSR count). The molecule has 3 amide bonds. The Morgan fingerprint density at radius 1 is 1.30 bits per heavy atom. The number of amides is 3. The highest BCUT2D eigenvalue weighted by atomic mass is 35.5. The van der Waals surface area contributed by atoms with Gasteiger partial charge in [-0.2, -0.15) is 0 Å². The number of primary amides is 1. The number of carbonyl (C=O) groups is 2. The fourth-order valence-electron chi connectivity index (χ4n) is 2.84. The lowest BCUT2D eigenvalue weighted by Crippen LogP contribution is -2.45. The Labute approximate surface area is 164 Å². The Balaban J connectivity index is 0.00000261. The summed E-state index contributed by atoms with van der Waals surface area (Å²) in [5, 5.41) is 8.45. The van der Waals surface area contributed by atoms with E-state index < -0.39 is 23.6 Å². The van der Waals surface area contributed by atoms with Crippen molar-refractivity contribution in [3.05, 3.63) is 40.8 Å². The summed E-state index contributed by atoms with van der Waals surface area (Å²) >= 11 is 0.965. The van der Waals surface area contributed by atoms with E-state index in [0.717, 1.165) is 36.8 Å². The second kappa shape index (κ2) is 9.12. The van der Waals surface area contributed by atoms with Gasteiger partial charge in [0.25, 0.3) is 5.91 Å². The third-order valence-electron chi connectivity index (χ3n) is 4.05. The summed E-state index contributed by atoms with van der Waals surface area (Å²) in [5.74, 6) is -2.39. The van der Waals surface area contributed by atoms with Crippen LogP contribution in [0.15, 0.2) is 24.3 Å². The number of anilines is 1. The van der Waals surface area contributed by atoms with Gasteiger partial charge in [0.05, 0.1) is 5.69 Å². The van der Waals surface area contributed by atoms with Crippen molar-refractivity contribution in [3.8, 4) is 10.4 Å². The number of rotatable bonds is 4. The molecule has 1 atom stereocenters. The van der Waals surface area contributed by atoms with Gasteiger partial charge in [-0.1, -0.05) is 12.1 Å². The average molecular weight is 417 g/mol. The van der Waals surface area contributed by atoms with Crippen LogP contribution >= 0.6 is 23.7 Å². The summed E-state index contributed by atoms with van der Waals surface area (Å²) in [6, 6.07) is 4.34. The number of hydrogen-bond donors (Lipinski definition) is 4. The van der Waals surface area contributed by atoms with Crippen molar-refractivity contribution in [3.63, 3.8) is 0 Å². The Kier molecular flexibility index (Phi) is 7.11. The molecule has 2 aromatic rings. The summed E-state index contributed by atoms with van der Waals surface area (Å²) in [4.78, 5) is 24.4. The van der Waals surface area contributed by atoms with Gasteiger partial charge >= 0.3 is 6.03 Å². The molecule has 0 unspecified atom stereocenters. The smallest absolute Gasteiger partial charge is 0.316 e. The molecule has 0 bridgehead atoms. The standard InChI is InChI=1S/C17H18F2N4O2S.ClH/c18-11-5-1-4-10(14(11)19)13-7-12(23-17(20)25)15(26-13)16(24)22-9-3-2-6-21-8-9;/h1,4-5,7,9,21H,2-3,6,8H2,(H,22,24)(H3,20,23,25);1H/t9-;/m0./s1. The van der Waals surface area contributed by atoms with E-state index in [1.807, 2.05) is 0 Å². The summed E-state index contributed by atoms with van der Waals surface area (Å²) < 4.78 is 27.6. The van der Waals surface area contributed by atoms with Gasteiger partial charge in [0.1, 0.15) is 4.88 Å². The SMILES string of the molecule is Cl.NC(=O)Nc1cc(-c2cccc(F)c2F)sc1C(=O)N[C@H]1CCCNC1. The minimum atomic E-state index is -1.01. The van der Waals surface area contributed by atoms with Gasteiger partial charge in [-0.05, 0) is 31.5 Å². The largest absolute Gasteiger partial charge is 0.351 e. The second-order valence-corrected chi connectivity index (χ2v) is 7.01. The number of urea groups is 1. The highest BCUT2D eigenvalue weighted by molar-refractivity contribution is 7.18. The highest BCUT2D eigenvalue weighted by Crippen LogP contribution is 2.36. The lowest BCUT2D eigenvalue weighted by Gasteiger charge is -2.23. The first-order valence-electron chi connectivity index (χ1n) is 8.12. The molecule has 1 saturated heterocycles. The van der Waals surface area contributed by atoms with Gasteiger partial charge in [0, 0.05) is 23.0 Å². The van der Waals surface area contributed by atoms with Crippen LogP contribution in [-0.2, 0) is 0 Å². The van der Waals surface area contributed by atoms with E-state index >= 15 is 0 Å². The highest BCUT2D eigenvalue weighted by Gasteiger charge is 2.23. The molecule has 0 saturated carbocycles. The number of nitrogens with two attached hydrogens (primary N) is 1. The molecule has 6 nitrogen and oxygen atoms in total. The topological polar surface area (TPSA) is 96.2 Å². The van der Waals surface area contributed by atoms with Gasteiger partial charge in [-0.15, -0.1) is 23.7 Å². The lowest BCUT2D eigenvalue weighted by molar-refractivity contribution is 0.0935. The zero-order valence-electron chi connectivity index (χ0n) is 14.2. The third-order valence-corrected chi connectivity index (χ3v) is 5.21. The molecule has 27 heavy (non-hydrogen) atoms. The van der Waals surface area contributed by atoms with Crippen molar-refractivity contribution >= 4 is 41.4 Å². The van der Waals surface area contributed by atoms with E-state index in [1.165, 1.54) is 18.2 Å². The zero-order chi connectivity index (χ0) is 18.7. The molecule has 0 radical (unpaired) electrons. The van der Waals surface area contributed by atoms with Crippen molar-refractivity contribution in [2.75, 3.05) is 18.4 Å². The van der Waals surface area contributed by atoms with E-state index in [4.69, 9.17) is 5.73 Å². The van der Waals surface area contributed by atoms with E-state index in [1.54, 1.807) is 0 Å². The van der Waals surface area contributed by atoms with Crippen molar-refractivity contribution in [2.24, 2.45) is 5.73 Å². The minimum Gasteiger partial charge on any atom is -0.351 e. The number of thiophene rings is 1. The first kappa shape index (κ1) is 21.1. The molecule has 1 aliphatic rings. The normalized spacial score (nSPS) is 16.3. The fourth-order valence-corrected chi connectivity index (χ4v) is 3.87. The molecular weight excluding hydrogens is 398 g/mol. The molecule has 1 aromatic carbocycles. The van der Waals surface area contributed by atoms with E-state index in [9.17, 15) is 18.4 Å². The molecular formula is C17H19ClF2N4O2S. The van der Waals surface area contributed by atoms with Crippen molar-refractivity contribution in [1.82, 2.24) is 10.6 Å². The maximum atomic E-state index is 14.1. The second-order valence-electron chi connectivity index (χ2n) is 5.96. The average Bonchev–Trinajstić information content (AvgIpc) is 3.01. The summed E-state index contributed by atoms with van der Waals surface area (Å²) in [6.45, 7) is 1.56. The molecule has 1 aromatic heterocycles. The quantitative estimate of drug-likeness (QED) is 0.616. The number of benzene rings is 1. The molecule has 2 heterocycles. The van der Waals surface area contributed by atoms with Gasteiger partial charge in [0.15, 0.2) is 11.6 Å². The van der Waals surface area contributed by atoms with Gasteiger partial charge in [0.2, 0.25) is 0 Å². The number of piperidine rings is 1. The summed E-state index contributed by atoms with van der Waals surface area (Å²) in [5.41, 5.74) is 5.34. The lowest BCUT2D eigenvalue weighted by atomic mass is 10.1. The molecule has 0 spiro atoms. The molecule has 0 aliphatic carbocycles. The molecule has 1 fully saturated rings. The predicted molar refractivity (Wildman–Crippen MR) is 103 cm³/mol. The van der Waals surface area contributed by atoms with Crippen LogP contribution in [0.5, 0.6) is 0 Å². The molecule has 146 valence electrons. The van der Waals surface area contributed by atoms with Crippen molar-refractivity contribution in [1.29, 1.82) is 0 Å². The van der Waals surface area contributed by atoms with Gasteiger partial charge < -0.3 is 21.7 Å². The van der Waals surface area contributed by atoms with E-state index in [-0.39, 0.29) is 34.6 Å². The number of carbonyl (C=O) groups excluding carboxylic acids is 2. The first-order chi connectivity index (χ1) is 12.5. The Bertz CT molecular complexity index is 840. The zero-order valence-corrected chi connectivity index (χ0v) is 15.8. The van der Waals surface area contributed by atoms with Gasteiger partial charge in [-0.3, -0.25) is 4.79 Å². The fraction of sp³-hybridized carbons (Fsp3) is 0.294. The van der Waals surface area contributed by atoms with E-state index in [2.05, 4.69) is 16.0 Å². The van der Waals surface area contributed by atoms with Crippen LogP contribution < -0.4 is 21.7 Å². The summed E-state index contributed by atoms with van der Waals surface area (Å²) in [7, 11) is 0. The number of halogens is 3. The van der Waals surface area contributed by atoms with Crippen molar-refractivity contribution in [2.45, 2.75) is 18.9 Å². The maximum absolute atomic E-state index is 14.1. The third kappa shape index (κ3) is 4.94.